The van der Waals surface area contributed by atoms with Gasteiger partial charge in [0.15, 0.2) is 0 Å². The number of hydrogen-bond donors (Lipinski definition) is 1. The van der Waals surface area contributed by atoms with Crippen molar-refractivity contribution in [2.45, 2.75) is 38.3 Å². The van der Waals surface area contributed by atoms with E-state index in [-0.39, 0.29) is 5.60 Å². The lowest BCUT2D eigenvalue weighted by Crippen LogP contribution is -2.65. The van der Waals surface area contributed by atoms with Crippen LogP contribution in [-0.4, -0.2) is 18.2 Å². The second-order valence-corrected chi connectivity index (χ2v) is 3.47. The summed E-state index contributed by atoms with van der Waals surface area (Å²) in [6, 6.07) is 0.605. The molecule has 9 heavy (non-hydrogen) atoms. The summed E-state index contributed by atoms with van der Waals surface area (Å²) in [7, 11) is 0. The largest absolute Gasteiger partial charge is 0.375 e. The molecule has 1 unspecified atom stereocenters. The molecular formula is C7H16NO+. The standard InChI is InChI=1S/C7H15NO/c1-7(2)5-6(8)3-4-9-7/h6H,3-5,8H2,1-2H3/p+1. The van der Waals surface area contributed by atoms with Crippen molar-refractivity contribution in [2.75, 3.05) is 6.61 Å². The highest BCUT2D eigenvalue weighted by atomic mass is 16.5. The molecule has 0 aliphatic carbocycles. The summed E-state index contributed by atoms with van der Waals surface area (Å²) in [5.74, 6) is 0. The van der Waals surface area contributed by atoms with Gasteiger partial charge >= 0.3 is 0 Å². The van der Waals surface area contributed by atoms with Crippen molar-refractivity contribution in [3.63, 3.8) is 0 Å². The second-order valence-electron chi connectivity index (χ2n) is 3.47. The molecule has 0 bridgehead atoms. The average Bonchev–Trinajstić information content (AvgIpc) is 1.60. The van der Waals surface area contributed by atoms with E-state index in [0.717, 1.165) is 19.4 Å². The summed E-state index contributed by atoms with van der Waals surface area (Å²) in [5, 5.41) is 0. The molecule has 0 saturated carbocycles. The molecule has 3 N–H and O–H groups in total. The molecule has 0 amide bonds. The minimum atomic E-state index is 0.0880. The molecule has 1 aliphatic heterocycles. The van der Waals surface area contributed by atoms with Gasteiger partial charge in [-0.1, -0.05) is 0 Å². The molecular weight excluding hydrogens is 114 g/mol. The maximum absolute atomic E-state index is 5.50. The van der Waals surface area contributed by atoms with E-state index < -0.39 is 0 Å². The van der Waals surface area contributed by atoms with Crippen molar-refractivity contribution in [3.05, 3.63) is 0 Å². The Labute approximate surface area is 56.4 Å². The molecule has 2 nitrogen and oxygen atoms in total. The molecule has 0 radical (unpaired) electrons. The molecule has 1 aliphatic rings. The van der Waals surface area contributed by atoms with E-state index >= 15 is 0 Å². The van der Waals surface area contributed by atoms with Gasteiger partial charge in [0.25, 0.3) is 0 Å². The fourth-order valence-electron chi connectivity index (χ4n) is 1.36. The van der Waals surface area contributed by atoms with Crippen molar-refractivity contribution in [2.24, 2.45) is 0 Å². The van der Waals surface area contributed by atoms with Gasteiger partial charge in [0.05, 0.1) is 18.2 Å². The van der Waals surface area contributed by atoms with E-state index in [1.54, 1.807) is 0 Å². The summed E-state index contributed by atoms with van der Waals surface area (Å²) in [6.45, 7) is 5.15. The van der Waals surface area contributed by atoms with Gasteiger partial charge in [-0.05, 0) is 13.8 Å². The van der Waals surface area contributed by atoms with Crippen molar-refractivity contribution < 1.29 is 10.5 Å². The maximum Gasteiger partial charge on any atom is 0.0893 e. The smallest absolute Gasteiger partial charge is 0.0893 e. The predicted molar refractivity (Wildman–Crippen MR) is 35.9 cm³/mol. The Hall–Kier alpha value is -0.0800. The molecule has 2 heteroatoms. The lowest BCUT2D eigenvalue weighted by molar-refractivity contribution is -0.437. The lowest BCUT2D eigenvalue weighted by atomic mass is 9.95. The number of ether oxygens (including phenoxy) is 1. The first kappa shape index (κ1) is 7.03. The zero-order chi connectivity index (χ0) is 6.91. The van der Waals surface area contributed by atoms with Crippen LogP contribution in [-0.2, 0) is 4.74 Å². The molecule has 54 valence electrons. The third kappa shape index (κ3) is 1.95. The van der Waals surface area contributed by atoms with Gasteiger partial charge in [-0.3, -0.25) is 0 Å². The normalized spacial score (nSPS) is 34.3. The third-order valence-corrected chi connectivity index (χ3v) is 1.80. The first-order valence-corrected chi connectivity index (χ1v) is 3.57. The van der Waals surface area contributed by atoms with E-state index in [1.165, 1.54) is 0 Å². The van der Waals surface area contributed by atoms with Gasteiger partial charge in [-0.15, -0.1) is 0 Å². The fourth-order valence-corrected chi connectivity index (χ4v) is 1.36. The number of hydrogen-bond acceptors (Lipinski definition) is 1. The SMILES string of the molecule is CC1(C)CC([NH3+])CCO1. The fraction of sp³-hybridized carbons (Fsp3) is 1.00. The topological polar surface area (TPSA) is 36.9 Å². The van der Waals surface area contributed by atoms with Crippen LogP contribution in [0.2, 0.25) is 0 Å². The second kappa shape index (κ2) is 2.27. The quantitative estimate of drug-likeness (QED) is 0.499. The van der Waals surface area contributed by atoms with E-state index in [4.69, 9.17) is 4.74 Å². The zero-order valence-electron chi connectivity index (χ0n) is 6.31. The molecule has 0 aromatic carbocycles. The van der Waals surface area contributed by atoms with Gasteiger partial charge in [0.2, 0.25) is 0 Å². The number of quaternary nitrogens is 1. The van der Waals surface area contributed by atoms with Crippen LogP contribution in [0.15, 0.2) is 0 Å². The lowest BCUT2D eigenvalue weighted by Gasteiger charge is -2.31. The number of rotatable bonds is 0. The molecule has 1 heterocycles. The zero-order valence-corrected chi connectivity index (χ0v) is 6.31. The summed E-state index contributed by atoms with van der Waals surface area (Å²) >= 11 is 0. The predicted octanol–water partition coefficient (Wildman–Crippen LogP) is 0.186. The Morgan fingerprint density at radius 1 is 1.56 bits per heavy atom. The van der Waals surface area contributed by atoms with Crippen LogP contribution >= 0.6 is 0 Å². The Kier molecular flexibility index (Phi) is 1.78. The first-order chi connectivity index (χ1) is 4.10. The van der Waals surface area contributed by atoms with Crippen molar-refractivity contribution in [3.8, 4) is 0 Å². The van der Waals surface area contributed by atoms with Crippen molar-refractivity contribution in [1.29, 1.82) is 0 Å². The minimum absolute atomic E-state index is 0.0880. The minimum Gasteiger partial charge on any atom is -0.375 e. The monoisotopic (exact) mass is 130 g/mol. The van der Waals surface area contributed by atoms with E-state index in [0.29, 0.717) is 6.04 Å². The van der Waals surface area contributed by atoms with Crippen LogP contribution in [0.4, 0.5) is 0 Å². The van der Waals surface area contributed by atoms with Crippen LogP contribution in [0.3, 0.4) is 0 Å². The van der Waals surface area contributed by atoms with Crippen LogP contribution in [0.25, 0.3) is 0 Å². The molecule has 1 fully saturated rings. The molecule has 0 aromatic rings. The molecule has 1 atom stereocenters. The van der Waals surface area contributed by atoms with E-state index in [1.807, 2.05) is 0 Å². The van der Waals surface area contributed by atoms with Crippen LogP contribution < -0.4 is 5.73 Å². The highest BCUT2D eigenvalue weighted by molar-refractivity contribution is 4.76. The third-order valence-electron chi connectivity index (χ3n) is 1.80. The van der Waals surface area contributed by atoms with Crippen molar-refractivity contribution >= 4 is 0 Å². The Bertz CT molecular complexity index is 101. The highest BCUT2D eigenvalue weighted by Gasteiger charge is 2.28. The molecule has 1 saturated heterocycles. The Morgan fingerprint density at radius 2 is 2.22 bits per heavy atom. The average molecular weight is 130 g/mol. The summed E-state index contributed by atoms with van der Waals surface area (Å²) in [5.41, 5.74) is 4.10. The Morgan fingerprint density at radius 3 is 2.56 bits per heavy atom. The highest BCUT2D eigenvalue weighted by Crippen LogP contribution is 2.21. The Balaban J connectivity index is 2.41. The van der Waals surface area contributed by atoms with Gasteiger partial charge in [-0.25, -0.2) is 0 Å². The van der Waals surface area contributed by atoms with Gasteiger partial charge in [-0.2, -0.15) is 0 Å². The van der Waals surface area contributed by atoms with Crippen LogP contribution in [0.5, 0.6) is 0 Å². The van der Waals surface area contributed by atoms with E-state index in [2.05, 4.69) is 19.6 Å². The van der Waals surface area contributed by atoms with Crippen molar-refractivity contribution in [1.82, 2.24) is 0 Å². The molecule has 0 aromatic heterocycles. The van der Waals surface area contributed by atoms with Gasteiger partial charge < -0.3 is 10.5 Å². The van der Waals surface area contributed by atoms with Gasteiger partial charge in [0.1, 0.15) is 0 Å². The van der Waals surface area contributed by atoms with E-state index in [9.17, 15) is 0 Å². The molecule has 1 rings (SSSR count). The van der Waals surface area contributed by atoms with Gasteiger partial charge in [0, 0.05) is 12.8 Å². The van der Waals surface area contributed by atoms with Crippen LogP contribution in [0, 0.1) is 0 Å². The summed E-state index contributed by atoms with van der Waals surface area (Å²) in [6.07, 6.45) is 2.23. The summed E-state index contributed by atoms with van der Waals surface area (Å²) in [4.78, 5) is 0. The maximum atomic E-state index is 5.50. The first-order valence-electron chi connectivity index (χ1n) is 3.57. The summed E-state index contributed by atoms with van der Waals surface area (Å²) < 4.78 is 5.50. The molecule has 0 spiro atoms. The van der Waals surface area contributed by atoms with Crippen LogP contribution in [0.1, 0.15) is 26.7 Å².